The van der Waals surface area contributed by atoms with Crippen molar-refractivity contribution in [2.24, 2.45) is 10.7 Å². The van der Waals surface area contributed by atoms with Gasteiger partial charge in [-0.2, -0.15) is 5.26 Å². The number of aromatic nitrogens is 1. The molecular weight excluding hydrogens is 312 g/mol. The molecule has 3 rings (SSSR count). The third-order valence-corrected chi connectivity index (χ3v) is 3.92. The van der Waals surface area contributed by atoms with E-state index in [1.807, 2.05) is 60.7 Å². The van der Waals surface area contributed by atoms with E-state index in [-0.39, 0.29) is 17.2 Å². The molecule has 0 spiro atoms. The minimum absolute atomic E-state index is 0.0976. The molecule has 0 aliphatic carbocycles. The van der Waals surface area contributed by atoms with E-state index in [0.717, 1.165) is 17.5 Å². The molecule has 0 amide bonds. The zero-order valence-corrected chi connectivity index (χ0v) is 13.6. The van der Waals surface area contributed by atoms with Crippen LogP contribution in [-0.2, 0) is 6.42 Å². The van der Waals surface area contributed by atoms with Crippen molar-refractivity contribution in [2.45, 2.75) is 6.42 Å². The predicted molar refractivity (Wildman–Crippen MR) is 100 cm³/mol. The molecule has 0 saturated carbocycles. The molecule has 0 unspecified atom stereocenters. The summed E-state index contributed by atoms with van der Waals surface area (Å²) < 4.78 is 0. The highest BCUT2D eigenvalue weighted by atomic mass is 16.3. The first-order valence-electron chi connectivity index (χ1n) is 7.94. The van der Waals surface area contributed by atoms with Crippen molar-refractivity contribution in [1.82, 2.24) is 4.98 Å². The molecule has 1 aromatic heterocycles. The van der Waals surface area contributed by atoms with Gasteiger partial charge < -0.3 is 15.8 Å². The lowest BCUT2D eigenvalue weighted by atomic mass is 10.1. The number of H-pyrrole nitrogens is 1. The Hall–Kier alpha value is -3.52. The van der Waals surface area contributed by atoms with Gasteiger partial charge in [-0.1, -0.05) is 42.5 Å². The summed E-state index contributed by atoms with van der Waals surface area (Å²) in [7, 11) is 0. The number of para-hydroxylation sites is 1. The molecule has 124 valence electrons. The average molecular weight is 330 g/mol. The molecule has 3 aromatic rings. The Bertz CT molecular complexity index is 978. The molecule has 0 saturated heterocycles. The molecule has 4 N–H and O–H groups in total. The molecule has 0 radical (unpaired) electrons. The summed E-state index contributed by atoms with van der Waals surface area (Å²) >= 11 is 0. The average Bonchev–Trinajstić information content (AvgIpc) is 2.96. The molecule has 0 aliphatic rings. The van der Waals surface area contributed by atoms with E-state index in [4.69, 9.17) is 5.73 Å². The summed E-state index contributed by atoms with van der Waals surface area (Å²) in [5.74, 6) is 0.261. The number of aromatic amines is 1. The van der Waals surface area contributed by atoms with Crippen LogP contribution in [0.4, 0.5) is 0 Å². The first kappa shape index (κ1) is 16.3. The number of rotatable bonds is 5. The Labute approximate surface area is 145 Å². The Kier molecular flexibility index (Phi) is 4.82. The van der Waals surface area contributed by atoms with Gasteiger partial charge in [0.2, 0.25) is 0 Å². The van der Waals surface area contributed by atoms with Crippen LogP contribution in [-0.4, -0.2) is 22.5 Å². The van der Waals surface area contributed by atoms with E-state index >= 15 is 0 Å². The van der Waals surface area contributed by atoms with Gasteiger partial charge in [0.05, 0.1) is 11.3 Å². The molecule has 25 heavy (non-hydrogen) atoms. The minimum atomic E-state index is 0.0976. The second kappa shape index (κ2) is 7.37. The fraction of sp³-hybridized carbons (Fsp3) is 0.100. The van der Waals surface area contributed by atoms with Crippen molar-refractivity contribution >= 4 is 22.8 Å². The van der Waals surface area contributed by atoms with Crippen LogP contribution in [0, 0.1) is 11.3 Å². The number of nitriles is 1. The van der Waals surface area contributed by atoms with Crippen LogP contribution in [0.1, 0.15) is 11.3 Å². The van der Waals surface area contributed by atoms with Gasteiger partial charge >= 0.3 is 0 Å². The Morgan fingerprint density at radius 3 is 2.60 bits per heavy atom. The number of aromatic hydroxyl groups is 1. The topological polar surface area (TPSA) is 98.2 Å². The molecule has 0 atom stereocenters. The number of hydrogen-bond donors (Lipinski definition) is 3. The summed E-state index contributed by atoms with van der Waals surface area (Å²) in [6.45, 7) is 0.494. The van der Waals surface area contributed by atoms with E-state index < -0.39 is 0 Å². The molecule has 2 aromatic carbocycles. The van der Waals surface area contributed by atoms with Gasteiger partial charge in [-0.15, -0.1) is 0 Å². The van der Waals surface area contributed by atoms with Crippen LogP contribution in [0.2, 0.25) is 0 Å². The van der Waals surface area contributed by atoms with E-state index in [1.54, 1.807) is 0 Å². The highest BCUT2D eigenvalue weighted by Gasteiger charge is 2.10. The molecular formula is C20H18N4O. The number of nitrogens with one attached hydrogen (secondary N) is 1. The molecule has 5 heteroatoms. The maximum Gasteiger partial charge on any atom is 0.148 e. The summed E-state index contributed by atoms with van der Waals surface area (Å²) in [6.07, 6.45) is 2.27. The number of fused-ring (bicyclic) bond motifs is 1. The Balaban J connectivity index is 1.80. The Morgan fingerprint density at radius 1 is 1.16 bits per heavy atom. The maximum atomic E-state index is 10.3. The van der Waals surface area contributed by atoms with Crippen LogP contribution in [0.25, 0.3) is 17.0 Å². The van der Waals surface area contributed by atoms with Gasteiger partial charge in [0.25, 0.3) is 0 Å². The highest BCUT2D eigenvalue weighted by molar-refractivity contribution is 6.05. The second-order valence-electron chi connectivity index (χ2n) is 5.61. The van der Waals surface area contributed by atoms with E-state index in [1.165, 1.54) is 6.08 Å². The monoisotopic (exact) mass is 330 g/mol. The number of amidine groups is 1. The summed E-state index contributed by atoms with van der Waals surface area (Å²) in [4.78, 5) is 7.36. The van der Waals surface area contributed by atoms with Gasteiger partial charge in [0, 0.05) is 17.4 Å². The van der Waals surface area contributed by atoms with Crippen molar-refractivity contribution in [2.75, 3.05) is 6.54 Å². The number of aliphatic imine (C=N–C) groups is 1. The van der Waals surface area contributed by atoms with Gasteiger partial charge in [0.1, 0.15) is 17.7 Å². The minimum Gasteiger partial charge on any atom is -0.505 e. The van der Waals surface area contributed by atoms with Gasteiger partial charge in [-0.05, 0) is 30.2 Å². The summed E-state index contributed by atoms with van der Waals surface area (Å²) in [5, 5.41) is 20.3. The SMILES string of the molecule is N#C/C(=C/c1[nH]c2ccccc2c1O)C(N)=NCCc1ccccc1. The first-order chi connectivity index (χ1) is 12.2. The molecule has 0 fully saturated rings. The smallest absolute Gasteiger partial charge is 0.148 e. The van der Waals surface area contributed by atoms with Crippen molar-refractivity contribution in [1.29, 1.82) is 5.26 Å². The summed E-state index contributed by atoms with van der Waals surface area (Å²) in [5.41, 5.74) is 8.57. The van der Waals surface area contributed by atoms with Crippen LogP contribution >= 0.6 is 0 Å². The van der Waals surface area contributed by atoms with E-state index in [2.05, 4.69) is 9.98 Å². The lowest BCUT2D eigenvalue weighted by molar-refractivity contribution is 0.480. The van der Waals surface area contributed by atoms with Gasteiger partial charge in [-0.25, -0.2) is 0 Å². The molecule has 0 aliphatic heterocycles. The van der Waals surface area contributed by atoms with Gasteiger partial charge in [-0.3, -0.25) is 4.99 Å². The number of benzene rings is 2. The van der Waals surface area contributed by atoms with E-state index in [9.17, 15) is 10.4 Å². The Morgan fingerprint density at radius 2 is 1.88 bits per heavy atom. The standard InChI is InChI=1S/C20H18N4O/c21-13-15(20(22)23-11-10-14-6-2-1-3-7-14)12-18-19(25)16-8-4-5-9-17(16)24-18/h1-9,12,24-25H,10-11H2,(H2,22,23)/b15-12-. The van der Waals surface area contributed by atoms with Crippen LogP contribution in [0.5, 0.6) is 5.75 Å². The fourth-order valence-corrected chi connectivity index (χ4v) is 2.60. The van der Waals surface area contributed by atoms with E-state index in [0.29, 0.717) is 17.6 Å². The lowest BCUT2D eigenvalue weighted by Crippen LogP contribution is -2.15. The first-order valence-corrected chi connectivity index (χ1v) is 7.94. The molecule has 5 nitrogen and oxygen atoms in total. The zero-order chi connectivity index (χ0) is 17.6. The van der Waals surface area contributed by atoms with Crippen molar-refractivity contribution in [3.63, 3.8) is 0 Å². The third kappa shape index (κ3) is 3.70. The van der Waals surface area contributed by atoms with Crippen LogP contribution < -0.4 is 5.73 Å². The van der Waals surface area contributed by atoms with Gasteiger partial charge in [0.15, 0.2) is 0 Å². The van der Waals surface area contributed by atoms with Crippen molar-refractivity contribution < 1.29 is 5.11 Å². The normalized spacial score (nSPS) is 12.3. The fourth-order valence-electron chi connectivity index (χ4n) is 2.60. The molecule has 0 bridgehead atoms. The second-order valence-corrected chi connectivity index (χ2v) is 5.61. The largest absolute Gasteiger partial charge is 0.505 e. The highest BCUT2D eigenvalue weighted by Crippen LogP contribution is 2.29. The van der Waals surface area contributed by atoms with Crippen LogP contribution in [0.3, 0.4) is 0 Å². The van der Waals surface area contributed by atoms with Crippen molar-refractivity contribution in [3.8, 4) is 11.8 Å². The zero-order valence-electron chi connectivity index (χ0n) is 13.6. The predicted octanol–water partition coefficient (Wildman–Crippen LogP) is 3.38. The van der Waals surface area contributed by atoms with Crippen molar-refractivity contribution in [3.05, 3.63) is 71.4 Å². The number of hydrogen-bond acceptors (Lipinski definition) is 3. The molecule has 1 heterocycles. The number of nitrogens with two attached hydrogens (primary N) is 1. The maximum absolute atomic E-state index is 10.3. The van der Waals surface area contributed by atoms with Crippen LogP contribution in [0.15, 0.2) is 65.2 Å². The lowest BCUT2D eigenvalue weighted by Gasteiger charge is -2.01. The quantitative estimate of drug-likeness (QED) is 0.380. The number of nitrogens with zero attached hydrogens (tertiary/aromatic N) is 2. The summed E-state index contributed by atoms with van der Waals surface area (Å²) in [6, 6.07) is 19.4. The third-order valence-electron chi connectivity index (χ3n) is 3.92.